The van der Waals surface area contributed by atoms with Crippen molar-refractivity contribution in [1.82, 2.24) is 9.88 Å². The Morgan fingerprint density at radius 3 is 2.48 bits per heavy atom. The molecule has 136 valence electrons. The Bertz CT molecular complexity index is 689. The topological polar surface area (TPSA) is 55.6 Å². The molecule has 5 nitrogen and oxygen atoms in total. The van der Waals surface area contributed by atoms with Crippen molar-refractivity contribution < 1.29 is 18.3 Å². The summed E-state index contributed by atoms with van der Waals surface area (Å²) in [6.45, 7) is 9.18. The lowest BCUT2D eigenvalue weighted by molar-refractivity contribution is -0.144. The molecule has 0 N–H and O–H groups in total. The number of hydrogen-bond donors (Lipinski definition) is 0. The summed E-state index contributed by atoms with van der Waals surface area (Å²) < 4.78 is 23.9. The fraction of sp³-hybridized carbons (Fsp3) is 0.474. The minimum absolute atomic E-state index is 0.110. The monoisotopic (exact) mass is 348 g/mol. The SMILES string of the molecule is CCOC(=O)CN(Cc1ccc(F)cc1)Cc1ncc(C(C)(C)C)o1. The Balaban J connectivity index is 2.11. The van der Waals surface area contributed by atoms with E-state index in [1.807, 2.05) is 25.7 Å². The highest BCUT2D eigenvalue weighted by molar-refractivity contribution is 5.71. The standard InChI is InChI=1S/C19H25FN2O3/c1-5-24-18(23)13-22(11-14-6-8-15(20)9-7-14)12-17-21-10-16(25-17)19(2,3)4/h6-10H,5,11-13H2,1-4H3. The molecule has 0 aliphatic carbocycles. The van der Waals surface area contributed by atoms with E-state index < -0.39 is 0 Å². The van der Waals surface area contributed by atoms with Gasteiger partial charge in [0.15, 0.2) is 0 Å². The van der Waals surface area contributed by atoms with Crippen LogP contribution in [0.4, 0.5) is 4.39 Å². The summed E-state index contributed by atoms with van der Waals surface area (Å²) >= 11 is 0. The quantitative estimate of drug-likeness (QED) is 0.715. The maximum Gasteiger partial charge on any atom is 0.320 e. The summed E-state index contributed by atoms with van der Waals surface area (Å²) in [6, 6.07) is 6.20. The van der Waals surface area contributed by atoms with Crippen LogP contribution in [0.25, 0.3) is 0 Å². The van der Waals surface area contributed by atoms with Crippen LogP contribution < -0.4 is 0 Å². The summed E-state index contributed by atoms with van der Waals surface area (Å²) in [5.74, 6) is 0.729. The van der Waals surface area contributed by atoms with Crippen molar-refractivity contribution >= 4 is 5.97 Å². The van der Waals surface area contributed by atoms with Gasteiger partial charge in [-0.25, -0.2) is 9.37 Å². The van der Waals surface area contributed by atoms with Crippen LogP contribution in [0.2, 0.25) is 0 Å². The maximum atomic E-state index is 13.1. The molecule has 25 heavy (non-hydrogen) atoms. The van der Waals surface area contributed by atoms with Gasteiger partial charge in [0, 0.05) is 12.0 Å². The molecule has 0 fully saturated rings. The van der Waals surface area contributed by atoms with Crippen molar-refractivity contribution in [2.75, 3.05) is 13.2 Å². The number of esters is 1. The first kappa shape index (κ1) is 19.1. The molecule has 0 radical (unpaired) electrons. The number of oxazole rings is 1. The second kappa shape index (κ2) is 8.25. The smallest absolute Gasteiger partial charge is 0.320 e. The molecule has 0 aliphatic heterocycles. The van der Waals surface area contributed by atoms with Gasteiger partial charge in [-0.2, -0.15) is 0 Å². The van der Waals surface area contributed by atoms with Crippen LogP contribution >= 0.6 is 0 Å². The molecular weight excluding hydrogens is 323 g/mol. The van der Waals surface area contributed by atoms with Gasteiger partial charge < -0.3 is 9.15 Å². The predicted octanol–water partition coefficient (Wildman–Crippen LogP) is 3.68. The highest BCUT2D eigenvalue weighted by Crippen LogP contribution is 2.23. The minimum Gasteiger partial charge on any atom is -0.465 e. The predicted molar refractivity (Wildman–Crippen MR) is 92.4 cm³/mol. The lowest BCUT2D eigenvalue weighted by Gasteiger charge is -2.20. The molecule has 0 atom stereocenters. The molecule has 1 heterocycles. The third-order valence-electron chi connectivity index (χ3n) is 3.63. The van der Waals surface area contributed by atoms with Gasteiger partial charge in [0.05, 0.1) is 25.9 Å². The van der Waals surface area contributed by atoms with E-state index in [0.717, 1.165) is 11.3 Å². The van der Waals surface area contributed by atoms with Gasteiger partial charge in [-0.05, 0) is 24.6 Å². The fourth-order valence-electron chi connectivity index (χ4n) is 2.33. The van der Waals surface area contributed by atoms with E-state index in [4.69, 9.17) is 9.15 Å². The van der Waals surface area contributed by atoms with Gasteiger partial charge in [-0.1, -0.05) is 32.9 Å². The summed E-state index contributed by atoms with van der Waals surface area (Å²) in [5.41, 5.74) is 0.766. The van der Waals surface area contributed by atoms with Crippen LogP contribution in [0.15, 0.2) is 34.9 Å². The molecule has 1 aromatic carbocycles. The van der Waals surface area contributed by atoms with Crippen molar-refractivity contribution in [3.63, 3.8) is 0 Å². The zero-order valence-corrected chi connectivity index (χ0v) is 15.2. The molecule has 0 unspecified atom stereocenters. The van der Waals surface area contributed by atoms with Crippen molar-refractivity contribution in [2.45, 2.75) is 46.2 Å². The van der Waals surface area contributed by atoms with E-state index >= 15 is 0 Å². The number of nitrogens with zero attached hydrogens (tertiary/aromatic N) is 2. The highest BCUT2D eigenvalue weighted by atomic mass is 19.1. The van der Waals surface area contributed by atoms with E-state index in [1.54, 1.807) is 25.3 Å². The van der Waals surface area contributed by atoms with E-state index in [0.29, 0.717) is 25.6 Å². The third kappa shape index (κ3) is 5.98. The van der Waals surface area contributed by atoms with Gasteiger partial charge >= 0.3 is 5.97 Å². The lowest BCUT2D eigenvalue weighted by Crippen LogP contribution is -2.30. The minimum atomic E-state index is -0.313. The van der Waals surface area contributed by atoms with Crippen molar-refractivity contribution in [3.05, 3.63) is 53.5 Å². The molecule has 1 aromatic heterocycles. The van der Waals surface area contributed by atoms with E-state index in [1.165, 1.54) is 12.1 Å². The molecule has 0 amide bonds. The normalized spacial score (nSPS) is 11.8. The van der Waals surface area contributed by atoms with E-state index in [2.05, 4.69) is 4.98 Å². The van der Waals surface area contributed by atoms with Gasteiger partial charge in [-0.15, -0.1) is 0 Å². The van der Waals surface area contributed by atoms with Crippen LogP contribution in [0.1, 0.15) is 44.9 Å². The number of rotatable bonds is 7. The second-order valence-electron chi connectivity index (χ2n) is 6.94. The van der Waals surface area contributed by atoms with Gasteiger partial charge in [0.25, 0.3) is 0 Å². The van der Waals surface area contributed by atoms with Gasteiger partial charge in [0.2, 0.25) is 5.89 Å². The van der Waals surface area contributed by atoms with Crippen LogP contribution in [0, 0.1) is 5.82 Å². The summed E-state index contributed by atoms with van der Waals surface area (Å²) in [7, 11) is 0. The van der Waals surface area contributed by atoms with Gasteiger partial charge in [-0.3, -0.25) is 9.69 Å². The average Bonchev–Trinajstić information content (AvgIpc) is 2.98. The van der Waals surface area contributed by atoms with E-state index in [9.17, 15) is 9.18 Å². The molecule has 0 saturated heterocycles. The van der Waals surface area contributed by atoms with Crippen LogP contribution in [0.3, 0.4) is 0 Å². The first-order chi connectivity index (χ1) is 11.8. The number of carbonyl (C=O) groups is 1. The maximum absolute atomic E-state index is 13.1. The molecule has 0 spiro atoms. The van der Waals surface area contributed by atoms with Crippen LogP contribution in [-0.4, -0.2) is 29.0 Å². The van der Waals surface area contributed by atoms with Crippen LogP contribution in [-0.2, 0) is 28.0 Å². The molecule has 0 saturated carbocycles. The summed E-state index contributed by atoms with van der Waals surface area (Å²) in [5, 5.41) is 0. The summed E-state index contributed by atoms with van der Waals surface area (Å²) in [6.07, 6.45) is 1.72. The van der Waals surface area contributed by atoms with Gasteiger partial charge in [0.1, 0.15) is 11.6 Å². The fourth-order valence-corrected chi connectivity index (χ4v) is 2.33. The highest BCUT2D eigenvalue weighted by Gasteiger charge is 2.21. The molecular formula is C19H25FN2O3. The Hall–Kier alpha value is -2.21. The zero-order valence-electron chi connectivity index (χ0n) is 15.2. The third-order valence-corrected chi connectivity index (χ3v) is 3.63. The first-order valence-electron chi connectivity index (χ1n) is 8.35. The Labute approximate surface area is 147 Å². The lowest BCUT2D eigenvalue weighted by atomic mass is 9.94. The molecule has 6 heteroatoms. The van der Waals surface area contributed by atoms with Crippen molar-refractivity contribution in [3.8, 4) is 0 Å². The first-order valence-corrected chi connectivity index (χ1v) is 8.35. The number of carbonyl (C=O) groups excluding carboxylic acids is 1. The molecule has 0 aliphatic rings. The number of hydrogen-bond acceptors (Lipinski definition) is 5. The molecule has 2 rings (SSSR count). The molecule has 2 aromatic rings. The van der Waals surface area contributed by atoms with E-state index in [-0.39, 0.29) is 23.7 Å². The van der Waals surface area contributed by atoms with Crippen molar-refractivity contribution in [1.29, 1.82) is 0 Å². The average molecular weight is 348 g/mol. The molecule has 0 bridgehead atoms. The number of benzene rings is 1. The number of halogens is 1. The largest absolute Gasteiger partial charge is 0.465 e. The Kier molecular flexibility index (Phi) is 6.31. The number of ether oxygens (including phenoxy) is 1. The Morgan fingerprint density at radius 2 is 1.92 bits per heavy atom. The van der Waals surface area contributed by atoms with Crippen LogP contribution in [0.5, 0.6) is 0 Å². The summed E-state index contributed by atoms with van der Waals surface area (Å²) in [4.78, 5) is 18.1. The Morgan fingerprint density at radius 1 is 1.24 bits per heavy atom. The second-order valence-corrected chi connectivity index (χ2v) is 6.94. The van der Waals surface area contributed by atoms with Crippen molar-refractivity contribution in [2.24, 2.45) is 0 Å². The zero-order chi connectivity index (χ0) is 18.4. The number of aromatic nitrogens is 1.